The molecule has 0 bridgehead atoms. The Hall–Kier alpha value is -2.04. The topological polar surface area (TPSA) is 50.8 Å². The van der Waals surface area contributed by atoms with E-state index in [4.69, 9.17) is 10.6 Å². The van der Waals surface area contributed by atoms with Gasteiger partial charge >= 0.3 is 0 Å². The van der Waals surface area contributed by atoms with Crippen molar-refractivity contribution in [1.29, 1.82) is 0 Å². The van der Waals surface area contributed by atoms with E-state index in [2.05, 4.69) is 53.5 Å². The number of ether oxygens (including phenoxy) is 1. The van der Waals surface area contributed by atoms with E-state index in [9.17, 15) is 0 Å². The van der Waals surface area contributed by atoms with Gasteiger partial charge in [0.15, 0.2) is 0 Å². The van der Waals surface area contributed by atoms with E-state index in [0.717, 1.165) is 49.2 Å². The van der Waals surface area contributed by atoms with Gasteiger partial charge in [-0.1, -0.05) is 55.7 Å². The Morgan fingerprint density at radius 1 is 0.929 bits per heavy atom. The molecule has 1 heterocycles. The number of halogens is 1. The molecule has 4 nitrogen and oxygen atoms in total. The molecule has 0 unspecified atom stereocenters. The Morgan fingerprint density at radius 3 is 2.18 bits per heavy atom. The van der Waals surface area contributed by atoms with Crippen LogP contribution in [0, 0.1) is 5.92 Å². The molecule has 0 atom stereocenters. The van der Waals surface area contributed by atoms with E-state index in [1.165, 1.54) is 43.2 Å². The summed E-state index contributed by atoms with van der Waals surface area (Å²) in [5, 5.41) is 1.72. The molecule has 0 radical (unpaired) electrons. The first-order chi connectivity index (χ1) is 13.3. The normalized spacial score (nSPS) is 17.2. The highest BCUT2D eigenvalue weighted by Crippen LogP contribution is 2.25. The molecule has 1 aliphatic carbocycles. The van der Waals surface area contributed by atoms with Crippen molar-refractivity contribution >= 4 is 18.2 Å². The second-order valence-electron chi connectivity index (χ2n) is 7.73. The number of nitrogens with two attached hydrogens (primary N) is 1. The van der Waals surface area contributed by atoms with Crippen LogP contribution in [-0.2, 0) is 6.42 Å². The van der Waals surface area contributed by atoms with Gasteiger partial charge in [0.05, 0.1) is 19.7 Å². The number of benzene rings is 2. The van der Waals surface area contributed by atoms with E-state index < -0.39 is 0 Å². The zero-order valence-electron chi connectivity index (χ0n) is 16.3. The maximum absolute atomic E-state index is 6.00. The summed E-state index contributed by atoms with van der Waals surface area (Å²) in [7, 11) is 0. The van der Waals surface area contributed by atoms with Gasteiger partial charge in [0.25, 0.3) is 0 Å². The molecule has 1 saturated carbocycles. The summed E-state index contributed by atoms with van der Waals surface area (Å²) in [5.74, 6) is 8.57. The molecule has 0 amide bonds. The van der Waals surface area contributed by atoms with Crippen LogP contribution in [0.15, 0.2) is 53.5 Å². The summed E-state index contributed by atoms with van der Waals surface area (Å²) in [6.07, 6.45) is 7.68. The molecule has 4 rings (SSSR count). The molecule has 28 heavy (non-hydrogen) atoms. The number of amidine groups is 1. The van der Waals surface area contributed by atoms with Crippen LogP contribution < -0.4 is 10.6 Å². The molecule has 1 fully saturated rings. The summed E-state index contributed by atoms with van der Waals surface area (Å²) in [6.45, 7) is 2.44. The highest BCUT2D eigenvalue weighted by molar-refractivity contribution is 5.99. The molecule has 2 aliphatic rings. The number of hydrazine groups is 1. The van der Waals surface area contributed by atoms with Crippen molar-refractivity contribution in [3.63, 3.8) is 0 Å². The van der Waals surface area contributed by atoms with Gasteiger partial charge in [-0.25, -0.2) is 5.84 Å². The fraction of sp³-hybridized carbons (Fsp3) is 0.435. The lowest BCUT2D eigenvalue weighted by molar-refractivity contribution is 0.209. The van der Waals surface area contributed by atoms with Crippen molar-refractivity contribution in [3.05, 3.63) is 65.2 Å². The standard InChI is InChI=1S/C23H29N3O.ClH/c24-26-15-14-25-23(26)21-10-6-18(7-11-21)16-19-8-12-22(13-9-19)27-17-20-4-2-1-3-5-20;/h6-13,20H,1-5,14-17,24H2;1H. The van der Waals surface area contributed by atoms with Crippen LogP contribution in [0.3, 0.4) is 0 Å². The second-order valence-corrected chi connectivity index (χ2v) is 7.73. The molecule has 2 N–H and O–H groups in total. The molecule has 0 spiro atoms. The predicted octanol–water partition coefficient (Wildman–Crippen LogP) is 4.59. The van der Waals surface area contributed by atoms with Crippen molar-refractivity contribution in [3.8, 4) is 5.75 Å². The smallest absolute Gasteiger partial charge is 0.145 e. The van der Waals surface area contributed by atoms with Crippen LogP contribution in [0.1, 0.15) is 48.8 Å². The van der Waals surface area contributed by atoms with Gasteiger partial charge in [-0.2, -0.15) is 0 Å². The van der Waals surface area contributed by atoms with Gasteiger partial charge < -0.3 is 4.74 Å². The average molecular weight is 400 g/mol. The molecule has 0 aromatic heterocycles. The largest absolute Gasteiger partial charge is 0.493 e. The molecular formula is C23H30ClN3O. The molecular weight excluding hydrogens is 370 g/mol. The minimum atomic E-state index is 0. The van der Waals surface area contributed by atoms with Crippen molar-refractivity contribution in [1.82, 2.24) is 5.01 Å². The van der Waals surface area contributed by atoms with Gasteiger partial charge in [0.2, 0.25) is 0 Å². The monoisotopic (exact) mass is 399 g/mol. The van der Waals surface area contributed by atoms with Crippen LogP contribution in [0.5, 0.6) is 5.75 Å². The summed E-state index contributed by atoms with van der Waals surface area (Å²) >= 11 is 0. The van der Waals surface area contributed by atoms with E-state index >= 15 is 0 Å². The number of nitrogens with zero attached hydrogens (tertiary/aromatic N) is 2. The highest BCUT2D eigenvalue weighted by atomic mass is 35.5. The Bertz CT molecular complexity index is 767. The number of hydrogen-bond acceptors (Lipinski definition) is 4. The first-order valence-corrected chi connectivity index (χ1v) is 10.2. The van der Waals surface area contributed by atoms with E-state index in [-0.39, 0.29) is 12.4 Å². The van der Waals surface area contributed by atoms with Gasteiger partial charge in [-0.05, 0) is 48.4 Å². The lowest BCUT2D eigenvalue weighted by Crippen LogP contribution is -2.34. The lowest BCUT2D eigenvalue weighted by atomic mass is 9.90. The maximum atomic E-state index is 6.00. The summed E-state index contributed by atoms with van der Waals surface area (Å²) < 4.78 is 6.00. The SMILES string of the molecule is Cl.NN1CCN=C1c1ccc(Cc2ccc(OCC3CCCCC3)cc2)cc1. The molecule has 0 saturated heterocycles. The van der Waals surface area contributed by atoms with Crippen molar-refractivity contribution < 1.29 is 4.74 Å². The van der Waals surface area contributed by atoms with Crippen LogP contribution in [0.4, 0.5) is 0 Å². The zero-order valence-corrected chi connectivity index (χ0v) is 17.2. The summed E-state index contributed by atoms with van der Waals surface area (Å²) in [6, 6.07) is 17.1. The Kier molecular flexibility index (Phi) is 7.35. The quantitative estimate of drug-likeness (QED) is 0.722. The third-order valence-corrected chi connectivity index (χ3v) is 5.63. The molecule has 5 heteroatoms. The molecule has 1 aliphatic heterocycles. The van der Waals surface area contributed by atoms with Crippen molar-refractivity contribution in [2.24, 2.45) is 16.8 Å². The maximum Gasteiger partial charge on any atom is 0.145 e. The van der Waals surface area contributed by atoms with Gasteiger partial charge in [0, 0.05) is 5.56 Å². The Labute approximate surface area is 174 Å². The van der Waals surface area contributed by atoms with Crippen LogP contribution in [0.2, 0.25) is 0 Å². The van der Waals surface area contributed by atoms with Gasteiger partial charge in [-0.3, -0.25) is 10.0 Å². The second kappa shape index (κ2) is 9.94. The Balaban J connectivity index is 0.00000225. The summed E-state index contributed by atoms with van der Waals surface area (Å²) in [4.78, 5) is 4.47. The van der Waals surface area contributed by atoms with E-state index in [1.54, 1.807) is 5.01 Å². The molecule has 150 valence electrons. The minimum absolute atomic E-state index is 0. The third-order valence-electron chi connectivity index (χ3n) is 5.63. The molecule has 2 aromatic rings. The number of aliphatic imine (C=N–C) groups is 1. The number of hydrogen-bond donors (Lipinski definition) is 1. The van der Waals surface area contributed by atoms with Crippen molar-refractivity contribution in [2.45, 2.75) is 38.5 Å². The summed E-state index contributed by atoms with van der Waals surface area (Å²) in [5.41, 5.74) is 3.67. The zero-order chi connectivity index (χ0) is 18.5. The first-order valence-electron chi connectivity index (χ1n) is 10.2. The fourth-order valence-corrected chi connectivity index (χ4v) is 4.00. The van der Waals surface area contributed by atoms with E-state index in [1.807, 2.05) is 0 Å². The minimum Gasteiger partial charge on any atom is -0.493 e. The fourth-order valence-electron chi connectivity index (χ4n) is 4.00. The third kappa shape index (κ3) is 5.27. The van der Waals surface area contributed by atoms with Gasteiger partial charge in [-0.15, -0.1) is 12.4 Å². The average Bonchev–Trinajstić information content (AvgIpc) is 3.15. The van der Waals surface area contributed by atoms with Gasteiger partial charge in [0.1, 0.15) is 11.6 Å². The lowest BCUT2D eigenvalue weighted by Gasteiger charge is -2.21. The van der Waals surface area contributed by atoms with Crippen molar-refractivity contribution in [2.75, 3.05) is 19.7 Å². The highest BCUT2D eigenvalue weighted by Gasteiger charge is 2.15. The van der Waals surface area contributed by atoms with Crippen LogP contribution in [-0.4, -0.2) is 30.5 Å². The molecule has 2 aromatic carbocycles. The van der Waals surface area contributed by atoms with E-state index in [0.29, 0.717) is 0 Å². The predicted molar refractivity (Wildman–Crippen MR) is 117 cm³/mol. The van der Waals surface area contributed by atoms with Crippen LogP contribution >= 0.6 is 12.4 Å². The Morgan fingerprint density at radius 2 is 1.57 bits per heavy atom. The number of rotatable bonds is 6. The van der Waals surface area contributed by atoms with Crippen LogP contribution in [0.25, 0.3) is 0 Å². The first kappa shape index (κ1) is 20.7.